The predicted molar refractivity (Wildman–Crippen MR) is 62.2 cm³/mol. The molecule has 0 spiro atoms. The number of halogens is 1. The van der Waals surface area contributed by atoms with Crippen LogP contribution < -0.4 is 5.32 Å². The zero-order chi connectivity index (χ0) is 12.4. The minimum absolute atomic E-state index is 0.0644. The average Bonchev–Trinajstić information content (AvgIpc) is 2.34. The first-order valence-corrected chi connectivity index (χ1v) is 5.71. The second-order valence-electron chi connectivity index (χ2n) is 4.28. The lowest BCUT2D eigenvalue weighted by Crippen LogP contribution is -2.32. The van der Waals surface area contributed by atoms with E-state index in [0.717, 1.165) is 24.1 Å². The van der Waals surface area contributed by atoms with Gasteiger partial charge in [0.1, 0.15) is 5.82 Å². The summed E-state index contributed by atoms with van der Waals surface area (Å²) in [7, 11) is 1.38. The van der Waals surface area contributed by atoms with E-state index in [1.165, 1.54) is 13.2 Å². The van der Waals surface area contributed by atoms with Gasteiger partial charge in [-0.15, -0.1) is 0 Å². The normalized spacial score (nSPS) is 18.6. The van der Waals surface area contributed by atoms with Crippen LogP contribution in [0.3, 0.4) is 0 Å². The number of hydrogen-bond donors (Lipinski definition) is 1. The van der Waals surface area contributed by atoms with Crippen LogP contribution in [-0.2, 0) is 16.0 Å². The number of ether oxygens (including phenoxy) is 1. The Morgan fingerprint density at radius 1 is 1.59 bits per heavy atom. The molecule has 0 aromatic heterocycles. The zero-order valence-electron chi connectivity index (χ0n) is 10.0. The second kappa shape index (κ2) is 4.84. The molecule has 0 amide bonds. The number of fused-ring (bicyclic) bond motifs is 1. The summed E-state index contributed by atoms with van der Waals surface area (Å²) in [6.07, 6.45) is 1.09. The molecule has 1 aliphatic heterocycles. The van der Waals surface area contributed by atoms with Gasteiger partial charge in [-0.1, -0.05) is 6.07 Å². The molecule has 1 aromatic carbocycles. The highest BCUT2D eigenvalue weighted by molar-refractivity contribution is 5.70. The molecule has 0 saturated carbocycles. The fourth-order valence-electron chi connectivity index (χ4n) is 2.32. The highest BCUT2D eigenvalue weighted by Crippen LogP contribution is 2.29. The number of esters is 1. The molecule has 1 heterocycles. The molecule has 0 aliphatic carbocycles. The molecule has 0 saturated heterocycles. The predicted octanol–water partition coefficient (Wildman–Crippen LogP) is 1.88. The molecule has 0 fully saturated rings. The van der Waals surface area contributed by atoms with Gasteiger partial charge in [0, 0.05) is 6.04 Å². The minimum atomic E-state index is -0.252. The number of benzene rings is 1. The van der Waals surface area contributed by atoms with Gasteiger partial charge in [0.2, 0.25) is 0 Å². The number of rotatable bonds is 2. The number of hydrogen-bond acceptors (Lipinski definition) is 3. The Hall–Kier alpha value is -1.42. The van der Waals surface area contributed by atoms with Crippen LogP contribution in [0.1, 0.15) is 29.2 Å². The summed E-state index contributed by atoms with van der Waals surface area (Å²) in [6, 6.07) is 3.16. The Labute approximate surface area is 100.0 Å². The first-order chi connectivity index (χ1) is 8.13. The molecule has 1 unspecified atom stereocenters. The number of carbonyl (C=O) groups excluding carboxylic acids is 1. The molecule has 92 valence electrons. The minimum Gasteiger partial charge on any atom is -0.469 e. The molecule has 3 nitrogen and oxygen atoms in total. The van der Waals surface area contributed by atoms with E-state index < -0.39 is 0 Å². The third-order valence-corrected chi connectivity index (χ3v) is 3.31. The van der Waals surface area contributed by atoms with Gasteiger partial charge in [0.15, 0.2) is 0 Å². The van der Waals surface area contributed by atoms with E-state index in [-0.39, 0.29) is 24.2 Å². The largest absolute Gasteiger partial charge is 0.469 e. The Morgan fingerprint density at radius 2 is 2.35 bits per heavy atom. The van der Waals surface area contributed by atoms with Crippen molar-refractivity contribution in [2.24, 2.45) is 0 Å². The van der Waals surface area contributed by atoms with Crippen molar-refractivity contribution in [1.29, 1.82) is 0 Å². The van der Waals surface area contributed by atoms with E-state index in [2.05, 4.69) is 10.1 Å². The van der Waals surface area contributed by atoms with Gasteiger partial charge in [0.25, 0.3) is 0 Å². The standard InChI is InChI=1S/C13H16FNO2/c1-8-9-5-6-15-12(7-13(16)17-2)10(9)3-4-11(8)14/h3-4,12,15H,5-7H2,1-2H3. The van der Waals surface area contributed by atoms with E-state index >= 15 is 0 Å². The van der Waals surface area contributed by atoms with Crippen molar-refractivity contribution < 1.29 is 13.9 Å². The molecule has 2 rings (SSSR count). The topological polar surface area (TPSA) is 38.3 Å². The maximum atomic E-state index is 13.5. The van der Waals surface area contributed by atoms with Crippen LogP contribution >= 0.6 is 0 Å². The average molecular weight is 237 g/mol. The van der Waals surface area contributed by atoms with Crippen molar-refractivity contribution in [2.75, 3.05) is 13.7 Å². The molecule has 1 atom stereocenters. The lowest BCUT2D eigenvalue weighted by molar-refractivity contribution is -0.141. The summed E-state index contributed by atoms with van der Waals surface area (Å²) in [5.74, 6) is -0.431. The second-order valence-corrected chi connectivity index (χ2v) is 4.28. The molecular formula is C13H16FNO2. The maximum absolute atomic E-state index is 13.5. The van der Waals surface area contributed by atoms with Gasteiger partial charge in [-0.3, -0.25) is 4.79 Å². The third kappa shape index (κ3) is 2.31. The summed E-state index contributed by atoms with van der Waals surface area (Å²) in [6.45, 7) is 2.55. The van der Waals surface area contributed by atoms with Crippen LogP contribution in [0.15, 0.2) is 12.1 Å². The lowest BCUT2D eigenvalue weighted by Gasteiger charge is -2.27. The van der Waals surface area contributed by atoms with Gasteiger partial charge in [-0.25, -0.2) is 4.39 Å². The first kappa shape index (κ1) is 12.0. The highest BCUT2D eigenvalue weighted by atomic mass is 19.1. The highest BCUT2D eigenvalue weighted by Gasteiger charge is 2.24. The van der Waals surface area contributed by atoms with Crippen molar-refractivity contribution in [1.82, 2.24) is 5.32 Å². The molecule has 17 heavy (non-hydrogen) atoms. The maximum Gasteiger partial charge on any atom is 0.307 e. The SMILES string of the molecule is COC(=O)CC1NCCc2c1ccc(F)c2C. The molecule has 4 heteroatoms. The smallest absolute Gasteiger partial charge is 0.307 e. The van der Waals surface area contributed by atoms with Crippen LogP contribution in [0.25, 0.3) is 0 Å². The fourth-order valence-corrected chi connectivity index (χ4v) is 2.32. The van der Waals surface area contributed by atoms with Gasteiger partial charge >= 0.3 is 5.97 Å². The van der Waals surface area contributed by atoms with Gasteiger partial charge in [0.05, 0.1) is 13.5 Å². The van der Waals surface area contributed by atoms with Crippen LogP contribution in [0, 0.1) is 12.7 Å². The third-order valence-electron chi connectivity index (χ3n) is 3.31. The molecular weight excluding hydrogens is 221 g/mol. The molecule has 1 aromatic rings. The van der Waals surface area contributed by atoms with Crippen molar-refractivity contribution in [3.63, 3.8) is 0 Å². The van der Waals surface area contributed by atoms with Crippen molar-refractivity contribution in [2.45, 2.75) is 25.8 Å². The van der Waals surface area contributed by atoms with Crippen LogP contribution in [-0.4, -0.2) is 19.6 Å². The molecule has 1 N–H and O–H groups in total. The van der Waals surface area contributed by atoms with Gasteiger partial charge in [-0.05, 0) is 42.6 Å². The van der Waals surface area contributed by atoms with E-state index in [1.807, 2.05) is 0 Å². The van der Waals surface area contributed by atoms with Crippen molar-refractivity contribution in [3.8, 4) is 0 Å². The molecule has 1 aliphatic rings. The van der Waals surface area contributed by atoms with Gasteiger partial charge in [-0.2, -0.15) is 0 Å². The number of carbonyl (C=O) groups is 1. The van der Waals surface area contributed by atoms with E-state index in [9.17, 15) is 9.18 Å². The van der Waals surface area contributed by atoms with Gasteiger partial charge < -0.3 is 10.1 Å². The Balaban J connectivity index is 2.32. The number of methoxy groups -OCH3 is 1. The van der Waals surface area contributed by atoms with Crippen LogP contribution in [0.5, 0.6) is 0 Å². The summed E-state index contributed by atoms with van der Waals surface area (Å²) in [5.41, 5.74) is 2.73. The molecule has 0 bridgehead atoms. The van der Waals surface area contributed by atoms with E-state index in [1.54, 1.807) is 13.0 Å². The van der Waals surface area contributed by atoms with Crippen molar-refractivity contribution >= 4 is 5.97 Å². The summed E-state index contributed by atoms with van der Waals surface area (Å²) < 4.78 is 18.1. The van der Waals surface area contributed by atoms with E-state index in [0.29, 0.717) is 5.56 Å². The van der Waals surface area contributed by atoms with Crippen molar-refractivity contribution in [3.05, 3.63) is 34.6 Å². The Morgan fingerprint density at radius 3 is 3.06 bits per heavy atom. The Bertz CT molecular complexity index is 445. The quantitative estimate of drug-likeness (QED) is 0.798. The first-order valence-electron chi connectivity index (χ1n) is 5.71. The van der Waals surface area contributed by atoms with Crippen LogP contribution in [0.4, 0.5) is 4.39 Å². The summed E-state index contributed by atoms with van der Waals surface area (Å²) in [4.78, 5) is 11.3. The fraction of sp³-hybridized carbons (Fsp3) is 0.462. The zero-order valence-corrected chi connectivity index (χ0v) is 10.0. The molecule has 0 radical (unpaired) electrons. The lowest BCUT2D eigenvalue weighted by atomic mass is 9.89. The summed E-state index contributed by atoms with van der Waals surface area (Å²) in [5, 5.41) is 3.26. The monoisotopic (exact) mass is 237 g/mol. The summed E-state index contributed by atoms with van der Waals surface area (Å²) >= 11 is 0. The van der Waals surface area contributed by atoms with E-state index in [4.69, 9.17) is 0 Å². The Kier molecular flexibility index (Phi) is 3.43. The number of nitrogens with one attached hydrogen (secondary N) is 1. The van der Waals surface area contributed by atoms with Crippen LogP contribution in [0.2, 0.25) is 0 Å².